The predicted octanol–water partition coefficient (Wildman–Crippen LogP) is 1.18. The van der Waals surface area contributed by atoms with Gasteiger partial charge < -0.3 is 24.6 Å². The number of aromatic hydroxyl groups is 1. The van der Waals surface area contributed by atoms with Crippen LogP contribution in [-0.2, 0) is 9.47 Å². The number of ether oxygens (including phenoxy) is 3. The van der Waals surface area contributed by atoms with Gasteiger partial charge in [-0.3, -0.25) is 4.79 Å². The molecule has 0 aromatic heterocycles. The molecular formula is C14H21NO5. The molecule has 0 aliphatic rings. The van der Waals surface area contributed by atoms with E-state index < -0.39 is 0 Å². The number of nitrogens with one attached hydrogen (secondary N) is 1. The van der Waals surface area contributed by atoms with Gasteiger partial charge in [0.05, 0.1) is 25.9 Å². The van der Waals surface area contributed by atoms with Crippen molar-refractivity contribution >= 4 is 5.91 Å². The van der Waals surface area contributed by atoms with E-state index >= 15 is 0 Å². The Balaban J connectivity index is 2.32. The van der Waals surface area contributed by atoms with Crippen LogP contribution < -0.4 is 10.1 Å². The zero-order valence-corrected chi connectivity index (χ0v) is 11.8. The number of carbonyl (C=O) groups excluding carboxylic acids is 1. The van der Waals surface area contributed by atoms with Crippen molar-refractivity contribution in [3.63, 3.8) is 0 Å². The van der Waals surface area contributed by atoms with E-state index in [-0.39, 0.29) is 17.2 Å². The summed E-state index contributed by atoms with van der Waals surface area (Å²) in [5, 5.41) is 12.4. The summed E-state index contributed by atoms with van der Waals surface area (Å²) in [6.07, 6.45) is 0.695. The third-order valence-corrected chi connectivity index (χ3v) is 2.63. The van der Waals surface area contributed by atoms with Gasteiger partial charge in [-0.1, -0.05) is 0 Å². The van der Waals surface area contributed by atoms with E-state index in [1.165, 1.54) is 19.2 Å². The van der Waals surface area contributed by atoms with E-state index in [9.17, 15) is 9.90 Å². The molecule has 0 spiro atoms. The van der Waals surface area contributed by atoms with Crippen LogP contribution in [-0.4, -0.2) is 51.6 Å². The minimum atomic E-state index is -0.335. The Hall–Kier alpha value is -1.79. The third-order valence-electron chi connectivity index (χ3n) is 2.63. The first-order valence-corrected chi connectivity index (χ1v) is 6.41. The summed E-state index contributed by atoms with van der Waals surface area (Å²) in [5.74, 6) is 0.119. The van der Waals surface area contributed by atoms with Crippen LogP contribution in [0.3, 0.4) is 0 Å². The zero-order valence-electron chi connectivity index (χ0n) is 11.8. The number of hydrogen-bond donors (Lipinski definition) is 2. The molecule has 2 N–H and O–H groups in total. The van der Waals surface area contributed by atoms with Crippen LogP contribution in [0.5, 0.6) is 11.5 Å². The molecule has 0 atom stereocenters. The molecule has 6 nitrogen and oxygen atoms in total. The van der Waals surface area contributed by atoms with E-state index in [4.69, 9.17) is 14.2 Å². The monoisotopic (exact) mass is 283 g/mol. The van der Waals surface area contributed by atoms with Crippen LogP contribution in [0.25, 0.3) is 0 Å². The summed E-state index contributed by atoms with van der Waals surface area (Å²) in [4.78, 5) is 11.9. The summed E-state index contributed by atoms with van der Waals surface area (Å²) >= 11 is 0. The average Bonchev–Trinajstić information content (AvgIpc) is 2.46. The largest absolute Gasteiger partial charge is 0.507 e. The lowest BCUT2D eigenvalue weighted by Gasteiger charge is -2.08. The highest BCUT2D eigenvalue weighted by atomic mass is 16.5. The van der Waals surface area contributed by atoms with Gasteiger partial charge in [-0.2, -0.15) is 0 Å². The number of phenols is 1. The van der Waals surface area contributed by atoms with E-state index in [0.717, 1.165) is 0 Å². The molecule has 0 bridgehead atoms. The molecule has 1 amide bonds. The number of methoxy groups -OCH3 is 2. The molecule has 20 heavy (non-hydrogen) atoms. The second-order valence-corrected chi connectivity index (χ2v) is 4.10. The number of phenolic OH excluding ortho intramolecular Hbond substituents is 1. The summed E-state index contributed by atoms with van der Waals surface area (Å²) < 4.78 is 15.1. The number of rotatable bonds is 9. The van der Waals surface area contributed by atoms with Crippen LogP contribution in [0.15, 0.2) is 18.2 Å². The van der Waals surface area contributed by atoms with Crippen molar-refractivity contribution < 1.29 is 24.1 Å². The molecule has 0 fully saturated rings. The van der Waals surface area contributed by atoms with Gasteiger partial charge in [0.25, 0.3) is 5.91 Å². The lowest BCUT2D eigenvalue weighted by atomic mass is 10.1. The molecule has 0 aliphatic heterocycles. The molecule has 0 unspecified atom stereocenters. The van der Waals surface area contributed by atoms with Crippen molar-refractivity contribution in [1.29, 1.82) is 0 Å². The molecule has 1 rings (SSSR count). The van der Waals surface area contributed by atoms with Crippen molar-refractivity contribution in [3.8, 4) is 11.5 Å². The fourth-order valence-corrected chi connectivity index (χ4v) is 1.54. The molecule has 0 aliphatic carbocycles. The second-order valence-electron chi connectivity index (χ2n) is 4.10. The smallest absolute Gasteiger partial charge is 0.255 e. The van der Waals surface area contributed by atoms with Crippen molar-refractivity contribution in [3.05, 3.63) is 23.8 Å². The Bertz CT molecular complexity index is 422. The molecule has 0 radical (unpaired) electrons. The van der Waals surface area contributed by atoms with Crippen LogP contribution in [0.2, 0.25) is 0 Å². The van der Waals surface area contributed by atoms with Gasteiger partial charge in [-0.05, 0) is 24.6 Å². The van der Waals surface area contributed by atoms with Crippen molar-refractivity contribution in [2.45, 2.75) is 6.42 Å². The highest BCUT2D eigenvalue weighted by molar-refractivity contribution is 5.97. The third kappa shape index (κ3) is 5.46. The van der Waals surface area contributed by atoms with Gasteiger partial charge in [0.2, 0.25) is 0 Å². The van der Waals surface area contributed by atoms with Crippen molar-refractivity contribution in [1.82, 2.24) is 5.32 Å². The maximum Gasteiger partial charge on any atom is 0.255 e. The molecule has 1 aromatic carbocycles. The maximum atomic E-state index is 11.9. The van der Waals surface area contributed by atoms with E-state index in [2.05, 4.69) is 5.32 Å². The van der Waals surface area contributed by atoms with E-state index in [1.54, 1.807) is 13.2 Å². The van der Waals surface area contributed by atoms with Crippen LogP contribution >= 0.6 is 0 Å². The molecule has 1 aromatic rings. The topological polar surface area (TPSA) is 77.0 Å². The lowest BCUT2D eigenvalue weighted by Crippen LogP contribution is -2.25. The Morgan fingerprint density at radius 2 is 2.05 bits per heavy atom. The van der Waals surface area contributed by atoms with Crippen LogP contribution in [0.4, 0.5) is 0 Å². The van der Waals surface area contributed by atoms with Gasteiger partial charge in [-0.25, -0.2) is 0 Å². The van der Waals surface area contributed by atoms with Gasteiger partial charge in [-0.15, -0.1) is 0 Å². The normalized spacial score (nSPS) is 10.3. The lowest BCUT2D eigenvalue weighted by molar-refractivity contribution is 0.0688. The minimum absolute atomic E-state index is 0.0698. The summed E-state index contributed by atoms with van der Waals surface area (Å²) in [6, 6.07) is 4.52. The number of benzene rings is 1. The first kappa shape index (κ1) is 16.3. The van der Waals surface area contributed by atoms with Crippen LogP contribution in [0.1, 0.15) is 16.8 Å². The fraction of sp³-hybridized carbons (Fsp3) is 0.500. The quantitative estimate of drug-likeness (QED) is 0.666. The maximum absolute atomic E-state index is 11.9. The molecular weight excluding hydrogens is 262 g/mol. The molecule has 0 heterocycles. The van der Waals surface area contributed by atoms with E-state index in [1.807, 2.05) is 0 Å². The molecule has 6 heteroatoms. The predicted molar refractivity (Wildman–Crippen MR) is 74.3 cm³/mol. The van der Waals surface area contributed by atoms with Gasteiger partial charge in [0.1, 0.15) is 11.5 Å². The first-order chi connectivity index (χ1) is 9.69. The summed E-state index contributed by atoms with van der Waals surface area (Å²) in [5.41, 5.74) is 0.199. The first-order valence-electron chi connectivity index (χ1n) is 6.41. The van der Waals surface area contributed by atoms with Crippen molar-refractivity contribution in [2.75, 3.05) is 40.6 Å². The Morgan fingerprint density at radius 3 is 2.75 bits per heavy atom. The van der Waals surface area contributed by atoms with Crippen molar-refractivity contribution in [2.24, 2.45) is 0 Å². The number of hydrogen-bond acceptors (Lipinski definition) is 5. The average molecular weight is 283 g/mol. The Morgan fingerprint density at radius 1 is 1.25 bits per heavy atom. The Kier molecular flexibility index (Phi) is 7.46. The number of carbonyl (C=O) groups is 1. The highest BCUT2D eigenvalue weighted by Gasteiger charge is 2.11. The second kappa shape index (κ2) is 9.17. The number of amides is 1. The summed E-state index contributed by atoms with van der Waals surface area (Å²) in [6.45, 7) is 2.13. The van der Waals surface area contributed by atoms with Gasteiger partial charge in [0.15, 0.2) is 0 Å². The minimum Gasteiger partial charge on any atom is -0.507 e. The molecule has 0 saturated heterocycles. The van der Waals surface area contributed by atoms with Gasteiger partial charge in [0, 0.05) is 20.3 Å². The highest BCUT2D eigenvalue weighted by Crippen LogP contribution is 2.22. The SMILES string of the molecule is COCCOCCCNC(=O)c1cc(OC)ccc1O. The molecule has 0 saturated carbocycles. The fourth-order valence-electron chi connectivity index (χ4n) is 1.54. The van der Waals surface area contributed by atoms with Gasteiger partial charge >= 0.3 is 0 Å². The zero-order chi connectivity index (χ0) is 14.8. The van der Waals surface area contributed by atoms with Crippen LogP contribution in [0, 0.1) is 0 Å². The van der Waals surface area contributed by atoms with E-state index in [0.29, 0.717) is 38.5 Å². The Labute approximate surface area is 118 Å². The summed E-state index contributed by atoms with van der Waals surface area (Å²) in [7, 11) is 3.12. The molecule has 112 valence electrons. The standard InChI is InChI=1S/C14H21NO5/c1-18-8-9-20-7-3-6-15-14(17)12-10-11(19-2)4-5-13(12)16/h4-5,10,16H,3,6-9H2,1-2H3,(H,15,17).